The standard InChI is InChI=1S/C12H25.C2H3N.Na.H2O4S.H2O/c1-3-5-7-9-11-12-10-8-6-4-2;1-2-3;;1-5(2,3)4;/h1,3-12H2,2H3;1H3;;(H2,1,2,3,4);1H2/q-1;;+1;;. The first-order valence-corrected chi connectivity index (χ1v) is 8.53. The van der Waals surface area contributed by atoms with Crippen LogP contribution in [0.1, 0.15) is 78.1 Å². The maximum absolute atomic E-state index is 8.74. The molecule has 0 aliphatic carbocycles. The zero-order chi connectivity index (χ0) is 16.3. The summed E-state index contributed by atoms with van der Waals surface area (Å²) in [6, 6.07) is 1.75. The molecule has 0 spiro atoms. The third-order valence-corrected chi connectivity index (χ3v) is 2.35. The molecule has 0 radical (unpaired) electrons. The van der Waals surface area contributed by atoms with Gasteiger partial charge in [0.25, 0.3) is 0 Å². The Morgan fingerprint density at radius 2 is 1.18 bits per heavy atom. The second kappa shape index (κ2) is 29.3. The Morgan fingerprint density at radius 3 is 1.41 bits per heavy atom. The summed E-state index contributed by atoms with van der Waals surface area (Å²) in [5.74, 6) is 0. The zero-order valence-corrected chi connectivity index (χ0v) is 17.2. The Kier molecular flexibility index (Phi) is 45.1. The van der Waals surface area contributed by atoms with E-state index in [1.54, 1.807) is 6.07 Å². The minimum atomic E-state index is -4.67. The Balaban J connectivity index is -0.0000000816. The van der Waals surface area contributed by atoms with Crippen LogP contribution in [0.3, 0.4) is 0 Å². The minimum absolute atomic E-state index is 0. The van der Waals surface area contributed by atoms with Crippen molar-refractivity contribution in [1.29, 1.82) is 5.26 Å². The second-order valence-corrected chi connectivity index (χ2v) is 5.25. The Hall–Kier alpha value is 0.320. The van der Waals surface area contributed by atoms with Gasteiger partial charge >= 0.3 is 40.0 Å². The van der Waals surface area contributed by atoms with Crippen LogP contribution < -0.4 is 29.6 Å². The zero-order valence-electron chi connectivity index (χ0n) is 14.3. The van der Waals surface area contributed by atoms with Gasteiger partial charge in [-0.15, -0.1) is 0 Å². The van der Waals surface area contributed by atoms with Gasteiger partial charge in [-0.1, -0.05) is 64.7 Å². The summed E-state index contributed by atoms with van der Waals surface area (Å²) >= 11 is 0. The number of rotatable bonds is 9. The molecule has 0 unspecified atom stereocenters. The summed E-state index contributed by atoms with van der Waals surface area (Å²) in [7, 11) is -4.67. The van der Waals surface area contributed by atoms with E-state index in [0.29, 0.717) is 0 Å². The maximum atomic E-state index is 8.74. The molecule has 0 atom stereocenters. The van der Waals surface area contributed by atoms with E-state index in [1.165, 1.54) is 64.7 Å². The topological polar surface area (TPSA) is 130 Å². The molecule has 0 fully saturated rings. The fraction of sp³-hybridized carbons (Fsp3) is 0.857. The molecule has 0 aromatic carbocycles. The normalized spacial score (nSPS) is 8.73. The fourth-order valence-corrected chi connectivity index (χ4v) is 1.49. The van der Waals surface area contributed by atoms with Crippen LogP contribution in [-0.2, 0) is 10.4 Å². The van der Waals surface area contributed by atoms with Crippen molar-refractivity contribution in [3.8, 4) is 6.07 Å². The average molecular weight is 349 g/mol. The predicted octanol–water partition coefficient (Wildman–Crippen LogP) is 0.798. The Morgan fingerprint density at radius 1 is 0.955 bits per heavy atom. The van der Waals surface area contributed by atoms with Gasteiger partial charge in [0.1, 0.15) is 0 Å². The molecular formula is C14H32NNaO5S. The van der Waals surface area contributed by atoms with Crippen molar-refractivity contribution >= 4 is 10.4 Å². The van der Waals surface area contributed by atoms with Gasteiger partial charge < -0.3 is 12.4 Å². The molecule has 0 saturated carbocycles. The van der Waals surface area contributed by atoms with Gasteiger partial charge in [-0.05, 0) is 0 Å². The Labute approximate surface area is 158 Å². The molecule has 130 valence electrons. The first kappa shape index (κ1) is 33.8. The molecular weight excluding hydrogens is 317 g/mol. The van der Waals surface area contributed by atoms with Crippen LogP contribution in [0.15, 0.2) is 0 Å². The molecule has 8 heteroatoms. The monoisotopic (exact) mass is 349 g/mol. The number of hydrogen-bond acceptors (Lipinski definition) is 3. The van der Waals surface area contributed by atoms with Crippen LogP contribution in [-0.4, -0.2) is 23.0 Å². The van der Waals surface area contributed by atoms with Gasteiger partial charge in [0.15, 0.2) is 0 Å². The quantitative estimate of drug-likeness (QED) is 0.275. The number of unbranched alkanes of at least 4 members (excludes halogenated alkanes) is 9. The molecule has 0 saturated heterocycles. The van der Waals surface area contributed by atoms with Crippen LogP contribution in [0, 0.1) is 18.3 Å². The number of hydrogen-bond donors (Lipinski definition) is 2. The molecule has 0 bridgehead atoms. The molecule has 0 amide bonds. The average Bonchev–Trinajstić information content (AvgIpc) is 2.32. The summed E-state index contributed by atoms with van der Waals surface area (Å²) in [4.78, 5) is 0. The second-order valence-electron chi connectivity index (χ2n) is 4.35. The van der Waals surface area contributed by atoms with E-state index in [-0.39, 0.29) is 35.0 Å². The van der Waals surface area contributed by atoms with Crippen LogP contribution >= 0.6 is 0 Å². The van der Waals surface area contributed by atoms with E-state index >= 15 is 0 Å². The Bertz CT molecular complexity index is 287. The summed E-state index contributed by atoms with van der Waals surface area (Å²) in [6.07, 6.45) is 13.9. The third kappa shape index (κ3) is 87.3. The molecule has 0 aromatic heterocycles. The molecule has 6 nitrogen and oxygen atoms in total. The fourth-order valence-electron chi connectivity index (χ4n) is 1.49. The van der Waals surface area contributed by atoms with Gasteiger partial charge in [0.2, 0.25) is 0 Å². The maximum Gasteiger partial charge on any atom is 1.00 e. The van der Waals surface area contributed by atoms with E-state index < -0.39 is 10.4 Å². The minimum Gasteiger partial charge on any atom is -0.412 e. The molecule has 0 heterocycles. The molecule has 0 aliphatic rings. The van der Waals surface area contributed by atoms with E-state index in [4.69, 9.17) is 22.8 Å². The molecule has 0 rings (SSSR count). The van der Waals surface area contributed by atoms with Crippen molar-refractivity contribution < 1.29 is 52.6 Å². The molecule has 22 heavy (non-hydrogen) atoms. The third-order valence-electron chi connectivity index (χ3n) is 2.35. The molecule has 0 aromatic rings. The van der Waals surface area contributed by atoms with Crippen LogP contribution in [0.2, 0.25) is 0 Å². The van der Waals surface area contributed by atoms with Crippen molar-refractivity contribution in [1.82, 2.24) is 0 Å². The van der Waals surface area contributed by atoms with Crippen molar-refractivity contribution in [2.75, 3.05) is 0 Å². The summed E-state index contributed by atoms with van der Waals surface area (Å²) in [5, 5.41) is 7.32. The van der Waals surface area contributed by atoms with Crippen molar-refractivity contribution in [3.05, 3.63) is 6.92 Å². The number of nitriles is 1. The van der Waals surface area contributed by atoms with Gasteiger partial charge in [-0.25, -0.2) is 0 Å². The SMILES string of the molecule is CC#N.O.O=S(=O)(O)O.[CH2-]CCCCCCCCCCC.[Na+]. The van der Waals surface area contributed by atoms with Gasteiger partial charge in [-0.2, -0.15) is 20.1 Å². The summed E-state index contributed by atoms with van der Waals surface area (Å²) < 4.78 is 31.6. The van der Waals surface area contributed by atoms with Gasteiger partial charge in [0, 0.05) is 6.92 Å². The molecule has 0 aliphatic heterocycles. The first-order chi connectivity index (χ1) is 9.33. The number of nitrogens with zero attached hydrogens (tertiary/aromatic N) is 1. The smallest absolute Gasteiger partial charge is 0.412 e. The van der Waals surface area contributed by atoms with Crippen LogP contribution in [0.5, 0.6) is 0 Å². The first-order valence-electron chi connectivity index (χ1n) is 7.13. The molecule has 4 N–H and O–H groups in total. The van der Waals surface area contributed by atoms with Crippen molar-refractivity contribution in [3.63, 3.8) is 0 Å². The van der Waals surface area contributed by atoms with Crippen LogP contribution in [0.4, 0.5) is 0 Å². The van der Waals surface area contributed by atoms with E-state index in [0.717, 1.165) is 6.42 Å². The predicted molar refractivity (Wildman–Crippen MR) is 86.3 cm³/mol. The van der Waals surface area contributed by atoms with Crippen molar-refractivity contribution in [2.45, 2.75) is 78.1 Å². The van der Waals surface area contributed by atoms with E-state index in [2.05, 4.69) is 13.8 Å². The summed E-state index contributed by atoms with van der Waals surface area (Å²) in [6.45, 7) is 7.55. The van der Waals surface area contributed by atoms with Gasteiger partial charge in [-0.3, -0.25) is 9.11 Å². The summed E-state index contributed by atoms with van der Waals surface area (Å²) in [5.41, 5.74) is 0. The van der Waals surface area contributed by atoms with E-state index in [1.807, 2.05) is 0 Å². The van der Waals surface area contributed by atoms with Gasteiger partial charge in [0.05, 0.1) is 6.07 Å². The largest absolute Gasteiger partial charge is 1.00 e. The van der Waals surface area contributed by atoms with E-state index in [9.17, 15) is 0 Å². The van der Waals surface area contributed by atoms with Crippen molar-refractivity contribution in [2.24, 2.45) is 0 Å². The van der Waals surface area contributed by atoms with Crippen LogP contribution in [0.25, 0.3) is 0 Å².